The molecule has 0 bridgehead atoms. The first kappa shape index (κ1) is 24.6. The number of rotatable bonds is 7. The molecule has 0 aliphatic carbocycles. The zero-order chi connectivity index (χ0) is 27.3. The fourth-order valence-corrected chi connectivity index (χ4v) is 4.44. The summed E-state index contributed by atoms with van der Waals surface area (Å²) >= 11 is 0. The van der Waals surface area contributed by atoms with Crippen LogP contribution in [-0.2, 0) is 13.1 Å². The van der Waals surface area contributed by atoms with Crippen molar-refractivity contribution in [1.82, 2.24) is 19.1 Å². The lowest BCUT2D eigenvalue weighted by atomic mass is 10.2. The molecule has 0 fully saturated rings. The first-order chi connectivity index (χ1) is 19.7. The highest BCUT2D eigenvalue weighted by Gasteiger charge is 2.18. The van der Waals surface area contributed by atoms with Crippen LogP contribution < -0.4 is 5.43 Å². The van der Waals surface area contributed by atoms with Crippen molar-refractivity contribution in [3.8, 4) is 0 Å². The minimum Gasteiger partial charge on any atom is -0.390 e. The van der Waals surface area contributed by atoms with E-state index in [1.807, 2.05) is 118 Å². The van der Waals surface area contributed by atoms with Gasteiger partial charge < -0.3 is 19.2 Å². The predicted octanol–water partition coefficient (Wildman–Crippen LogP) is 6.23. The van der Waals surface area contributed by atoms with Crippen LogP contribution >= 0.6 is 0 Å². The number of aromatic nitrogens is 4. The van der Waals surface area contributed by atoms with Crippen LogP contribution in [0.15, 0.2) is 125 Å². The summed E-state index contributed by atoms with van der Waals surface area (Å²) in [4.78, 5) is 20.3. The van der Waals surface area contributed by atoms with Crippen LogP contribution in [0.2, 0.25) is 0 Å². The second-order valence-electron chi connectivity index (χ2n) is 8.95. The number of nitro groups is 1. The van der Waals surface area contributed by atoms with Gasteiger partial charge in [0.15, 0.2) is 0 Å². The van der Waals surface area contributed by atoms with E-state index in [1.165, 1.54) is 0 Å². The summed E-state index contributed by atoms with van der Waals surface area (Å²) in [5.41, 5.74) is 7.96. The highest BCUT2D eigenvalue weighted by Crippen LogP contribution is 2.24. The minimum atomic E-state index is -0.725. The summed E-state index contributed by atoms with van der Waals surface area (Å²) in [6.07, 6.45) is 0. The maximum absolute atomic E-state index is 11.9. The fourth-order valence-electron chi connectivity index (χ4n) is 4.44. The standard InChI is InChI=1S/C29H23N9O2/c39-38(40)29(34-32-27-30-23-15-7-9-17-25(23)36(27)19-21-11-3-1-4-12-21)35-33-28-31-24-16-8-10-18-26(24)37(28)20-22-13-5-2-6-14-22/h1-18H,19-20H2,(H,30,32)/b34-29+,35-33?. The Labute approximate surface area is 228 Å². The zero-order valence-corrected chi connectivity index (χ0v) is 21.2. The maximum atomic E-state index is 11.9. The molecule has 11 heteroatoms. The second-order valence-corrected chi connectivity index (χ2v) is 8.95. The van der Waals surface area contributed by atoms with Gasteiger partial charge in [0, 0.05) is 5.10 Å². The third kappa shape index (κ3) is 5.16. The van der Waals surface area contributed by atoms with Gasteiger partial charge >= 0.3 is 5.96 Å². The Balaban J connectivity index is 1.33. The Hall–Kier alpha value is -5.71. The SMILES string of the molecule is O=[N+]([O-])/C(N=Nc1nc2ccccc2n1Cc1ccccc1)=N/Nc1nc2ccccc2n1Cc1ccccc1. The number of guanidine groups is 1. The van der Waals surface area contributed by atoms with E-state index in [1.54, 1.807) is 0 Å². The summed E-state index contributed by atoms with van der Waals surface area (Å²) in [5.74, 6) is -0.150. The number of hydrogen-bond acceptors (Lipinski definition) is 7. The number of nitrogens with zero attached hydrogens (tertiary/aromatic N) is 8. The molecule has 0 amide bonds. The van der Waals surface area contributed by atoms with Crippen LogP contribution in [-0.4, -0.2) is 30.0 Å². The number of azo groups is 1. The number of imidazole rings is 2. The van der Waals surface area contributed by atoms with E-state index in [0.717, 1.165) is 27.7 Å². The first-order valence-electron chi connectivity index (χ1n) is 12.5. The van der Waals surface area contributed by atoms with E-state index in [-0.39, 0.29) is 5.95 Å². The van der Waals surface area contributed by atoms with Gasteiger partial charge in [-0.3, -0.25) is 0 Å². The molecule has 0 atom stereocenters. The molecule has 11 nitrogen and oxygen atoms in total. The van der Waals surface area contributed by atoms with Crippen molar-refractivity contribution in [2.24, 2.45) is 15.3 Å². The van der Waals surface area contributed by atoms with E-state index in [4.69, 9.17) is 0 Å². The number of fused-ring (bicyclic) bond motifs is 2. The number of hydrogen-bond donors (Lipinski definition) is 1. The average Bonchev–Trinajstić information content (AvgIpc) is 3.51. The highest BCUT2D eigenvalue weighted by atomic mass is 16.6. The van der Waals surface area contributed by atoms with Crippen LogP contribution in [0.5, 0.6) is 0 Å². The molecule has 2 aromatic heterocycles. The smallest absolute Gasteiger partial charge is 0.390 e. The van der Waals surface area contributed by atoms with Crippen molar-refractivity contribution in [3.63, 3.8) is 0 Å². The molecule has 196 valence electrons. The van der Waals surface area contributed by atoms with Gasteiger partial charge in [0.25, 0.3) is 5.95 Å². The number of benzene rings is 4. The van der Waals surface area contributed by atoms with Crippen molar-refractivity contribution in [2.75, 3.05) is 5.43 Å². The lowest BCUT2D eigenvalue weighted by Gasteiger charge is -2.07. The quantitative estimate of drug-likeness (QED) is 0.0862. The van der Waals surface area contributed by atoms with Crippen LogP contribution in [0.3, 0.4) is 0 Å². The molecule has 0 saturated carbocycles. The first-order valence-corrected chi connectivity index (χ1v) is 12.5. The van der Waals surface area contributed by atoms with E-state index < -0.39 is 10.9 Å². The van der Waals surface area contributed by atoms with Crippen LogP contribution in [0.25, 0.3) is 22.1 Å². The Bertz CT molecular complexity index is 1860. The lowest BCUT2D eigenvalue weighted by Crippen LogP contribution is -2.12. The van der Waals surface area contributed by atoms with Gasteiger partial charge in [-0.05, 0) is 45.4 Å². The number of hydrazone groups is 1. The second kappa shape index (κ2) is 11.0. The van der Waals surface area contributed by atoms with Crippen LogP contribution in [0.1, 0.15) is 11.1 Å². The van der Waals surface area contributed by atoms with Crippen molar-refractivity contribution >= 4 is 39.9 Å². The Morgan fingerprint density at radius 1 is 0.725 bits per heavy atom. The molecule has 40 heavy (non-hydrogen) atoms. The van der Waals surface area contributed by atoms with E-state index in [9.17, 15) is 10.1 Å². The van der Waals surface area contributed by atoms with E-state index in [0.29, 0.717) is 24.6 Å². The maximum Gasteiger partial charge on any atom is 0.511 e. The molecule has 1 N–H and O–H groups in total. The zero-order valence-electron chi connectivity index (χ0n) is 21.2. The third-order valence-corrected chi connectivity index (χ3v) is 6.30. The van der Waals surface area contributed by atoms with Crippen molar-refractivity contribution < 1.29 is 4.92 Å². The Morgan fingerprint density at radius 2 is 1.25 bits per heavy atom. The molecule has 0 saturated heterocycles. The van der Waals surface area contributed by atoms with E-state index >= 15 is 0 Å². The van der Waals surface area contributed by atoms with Crippen molar-refractivity contribution in [2.45, 2.75) is 13.1 Å². The van der Waals surface area contributed by atoms with Gasteiger partial charge in [-0.1, -0.05) is 84.9 Å². The molecule has 0 spiro atoms. The lowest BCUT2D eigenvalue weighted by molar-refractivity contribution is -0.352. The molecule has 0 aliphatic rings. The number of para-hydroxylation sites is 4. The topological polar surface area (TPSA) is 128 Å². The van der Waals surface area contributed by atoms with Gasteiger partial charge in [-0.2, -0.15) is 5.43 Å². The van der Waals surface area contributed by atoms with E-state index in [2.05, 4.69) is 30.7 Å². The summed E-state index contributed by atoms with van der Waals surface area (Å²) in [5, 5.41) is 23.8. The van der Waals surface area contributed by atoms with Crippen LogP contribution in [0, 0.1) is 10.1 Å². The van der Waals surface area contributed by atoms with Gasteiger partial charge in [-0.25, -0.2) is 9.97 Å². The molecule has 6 aromatic rings. The van der Waals surface area contributed by atoms with Crippen LogP contribution in [0.4, 0.5) is 11.9 Å². The summed E-state index contributed by atoms with van der Waals surface area (Å²) < 4.78 is 3.76. The average molecular weight is 530 g/mol. The normalized spacial score (nSPS) is 11.9. The molecule has 6 rings (SSSR count). The van der Waals surface area contributed by atoms with Gasteiger partial charge in [0.05, 0.1) is 40.3 Å². The third-order valence-electron chi connectivity index (χ3n) is 6.30. The number of anilines is 1. The Morgan fingerprint density at radius 3 is 1.88 bits per heavy atom. The molecular formula is C29H23N9O2. The number of nitrogens with one attached hydrogen (secondary N) is 1. The summed E-state index contributed by atoms with van der Waals surface area (Å²) in [6, 6.07) is 34.8. The summed E-state index contributed by atoms with van der Waals surface area (Å²) in [6.45, 7) is 0.973. The minimum absolute atomic E-state index is 0.232. The fraction of sp³-hybridized carbons (Fsp3) is 0.0690. The summed E-state index contributed by atoms with van der Waals surface area (Å²) in [7, 11) is 0. The van der Waals surface area contributed by atoms with Gasteiger partial charge in [0.1, 0.15) is 0 Å². The monoisotopic (exact) mass is 529 g/mol. The molecule has 2 heterocycles. The van der Waals surface area contributed by atoms with Gasteiger partial charge in [-0.15, -0.1) is 0 Å². The highest BCUT2D eigenvalue weighted by molar-refractivity contribution is 5.80. The molecule has 4 aromatic carbocycles. The van der Waals surface area contributed by atoms with Gasteiger partial charge in [0.2, 0.25) is 5.95 Å². The molecule has 0 unspecified atom stereocenters. The molecular weight excluding hydrogens is 506 g/mol. The predicted molar refractivity (Wildman–Crippen MR) is 153 cm³/mol. The van der Waals surface area contributed by atoms with Crippen molar-refractivity contribution in [1.29, 1.82) is 0 Å². The van der Waals surface area contributed by atoms with Crippen molar-refractivity contribution in [3.05, 3.63) is 130 Å². The molecule has 0 aliphatic heterocycles. The molecule has 0 radical (unpaired) electrons. The Kier molecular flexibility index (Phi) is 6.74. The largest absolute Gasteiger partial charge is 0.511 e.